The topological polar surface area (TPSA) is 49.4 Å². The fraction of sp³-hybridized carbons (Fsp3) is 0.333. The number of nitrogens with one attached hydrogen (secondary N) is 1. The van der Waals surface area contributed by atoms with Crippen molar-refractivity contribution >= 4 is 11.9 Å². The molecule has 1 fully saturated rings. The molecule has 4 nitrogen and oxygen atoms in total. The highest BCUT2D eigenvalue weighted by Crippen LogP contribution is 2.28. The van der Waals surface area contributed by atoms with Crippen molar-refractivity contribution in [2.24, 2.45) is 0 Å². The average Bonchev–Trinajstić information content (AvgIpc) is 2.51. The number of carbonyl (C=O) groups excluding carboxylic acids is 2. The maximum Gasteiger partial charge on any atom is 0.325 e. The predicted molar refractivity (Wildman–Crippen MR) is 59.7 cm³/mol. The zero-order chi connectivity index (χ0) is 12.6. The Morgan fingerprint density at radius 2 is 1.88 bits per heavy atom. The van der Waals surface area contributed by atoms with Crippen LogP contribution < -0.4 is 5.32 Å². The molecule has 17 heavy (non-hydrogen) atoms. The van der Waals surface area contributed by atoms with E-state index in [0.717, 1.165) is 4.90 Å². The molecule has 1 heterocycles. The highest BCUT2D eigenvalue weighted by Gasteiger charge is 2.48. The van der Waals surface area contributed by atoms with Gasteiger partial charge in [-0.05, 0) is 31.5 Å². The van der Waals surface area contributed by atoms with Crippen molar-refractivity contribution < 1.29 is 14.0 Å². The van der Waals surface area contributed by atoms with Crippen LogP contribution in [-0.2, 0) is 10.3 Å². The molecule has 5 heteroatoms. The Balaban J connectivity index is 2.41. The molecule has 0 saturated carbocycles. The van der Waals surface area contributed by atoms with Crippen LogP contribution in [0.15, 0.2) is 24.3 Å². The van der Waals surface area contributed by atoms with Gasteiger partial charge in [-0.25, -0.2) is 9.18 Å². The van der Waals surface area contributed by atoms with Crippen molar-refractivity contribution in [3.8, 4) is 0 Å². The van der Waals surface area contributed by atoms with Crippen molar-refractivity contribution in [1.29, 1.82) is 0 Å². The van der Waals surface area contributed by atoms with E-state index in [-0.39, 0.29) is 11.7 Å². The Hall–Kier alpha value is -1.91. The lowest BCUT2D eigenvalue weighted by Gasteiger charge is -2.21. The van der Waals surface area contributed by atoms with Crippen LogP contribution in [-0.4, -0.2) is 23.4 Å². The van der Waals surface area contributed by atoms with Crippen LogP contribution in [0.3, 0.4) is 0 Å². The van der Waals surface area contributed by atoms with Crippen LogP contribution in [0.25, 0.3) is 0 Å². The molecule has 1 aromatic rings. The Morgan fingerprint density at radius 1 is 1.29 bits per heavy atom. The maximum absolute atomic E-state index is 12.8. The fourth-order valence-electron chi connectivity index (χ4n) is 1.96. The maximum atomic E-state index is 12.8. The van der Waals surface area contributed by atoms with E-state index < -0.39 is 11.6 Å². The summed E-state index contributed by atoms with van der Waals surface area (Å²) in [6.45, 7) is 3.67. The van der Waals surface area contributed by atoms with E-state index in [1.165, 1.54) is 24.3 Å². The molecular formula is C12H13FN2O2. The Bertz CT molecular complexity index is 472. The molecule has 1 N–H and O–H groups in total. The van der Waals surface area contributed by atoms with Gasteiger partial charge < -0.3 is 5.32 Å². The van der Waals surface area contributed by atoms with Crippen molar-refractivity contribution in [1.82, 2.24) is 10.2 Å². The molecule has 0 bridgehead atoms. The summed E-state index contributed by atoms with van der Waals surface area (Å²) in [6, 6.07) is 5.15. The second-order valence-corrected chi connectivity index (χ2v) is 4.11. The van der Waals surface area contributed by atoms with Gasteiger partial charge >= 0.3 is 6.03 Å². The summed E-state index contributed by atoms with van der Waals surface area (Å²) in [6.07, 6.45) is 0. The number of imide groups is 1. The van der Waals surface area contributed by atoms with Gasteiger partial charge in [0, 0.05) is 6.54 Å². The molecule has 1 aliphatic heterocycles. The molecule has 1 aromatic carbocycles. The quantitative estimate of drug-likeness (QED) is 0.793. The minimum Gasteiger partial charge on any atom is -0.319 e. The van der Waals surface area contributed by atoms with Crippen molar-refractivity contribution in [2.75, 3.05) is 6.54 Å². The Kier molecular flexibility index (Phi) is 2.61. The smallest absolute Gasteiger partial charge is 0.319 e. The number of rotatable bonds is 2. The first-order chi connectivity index (χ1) is 7.99. The van der Waals surface area contributed by atoms with Crippen molar-refractivity contribution in [3.63, 3.8) is 0 Å². The molecular weight excluding hydrogens is 223 g/mol. The number of likely N-dealkylation sites (N-methyl/N-ethyl adjacent to an activating group) is 1. The fourth-order valence-corrected chi connectivity index (χ4v) is 1.96. The summed E-state index contributed by atoms with van der Waals surface area (Å²) in [7, 11) is 0. The molecule has 0 aromatic heterocycles. The van der Waals surface area contributed by atoms with Crippen LogP contribution in [0.1, 0.15) is 19.4 Å². The predicted octanol–water partition coefficient (Wildman–Crippen LogP) is 1.61. The lowest BCUT2D eigenvalue weighted by atomic mass is 9.92. The van der Waals surface area contributed by atoms with E-state index in [2.05, 4.69) is 5.32 Å². The molecule has 0 spiro atoms. The monoisotopic (exact) mass is 236 g/mol. The summed E-state index contributed by atoms with van der Waals surface area (Å²) in [4.78, 5) is 24.8. The van der Waals surface area contributed by atoms with Crippen LogP contribution in [0, 0.1) is 5.82 Å². The van der Waals surface area contributed by atoms with Gasteiger partial charge in [0.05, 0.1) is 0 Å². The molecule has 1 unspecified atom stereocenters. The second-order valence-electron chi connectivity index (χ2n) is 4.11. The highest BCUT2D eigenvalue weighted by atomic mass is 19.1. The van der Waals surface area contributed by atoms with Crippen LogP contribution in [0.5, 0.6) is 0 Å². The zero-order valence-corrected chi connectivity index (χ0v) is 9.66. The summed E-state index contributed by atoms with van der Waals surface area (Å²) in [5.74, 6) is -0.682. The number of hydrogen-bond donors (Lipinski definition) is 1. The third-order valence-corrected chi connectivity index (χ3v) is 3.01. The average molecular weight is 236 g/mol. The molecule has 1 atom stereocenters. The van der Waals surface area contributed by atoms with Crippen LogP contribution in [0.4, 0.5) is 9.18 Å². The molecule has 1 aliphatic rings. The third kappa shape index (κ3) is 1.67. The number of carbonyl (C=O) groups is 2. The molecule has 1 saturated heterocycles. The van der Waals surface area contributed by atoms with Gasteiger partial charge in [0.1, 0.15) is 11.4 Å². The second kappa shape index (κ2) is 3.84. The van der Waals surface area contributed by atoms with Crippen molar-refractivity contribution in [3.05, 3.63) is 35.6 Å². The minimum absolute atomic E-state index is 0.309. The summed E-state index contributed by atoms with van der Waals surface area (Å²) in [5, 5.41) is 2.63. The van der Waals surface area contributed by atoms with Gasteiger partial charge in [0.15, 0.2) is 0 Å². The first-order valence-electron chi connectivity index (χ1n) is 5.39. The van der Waals surface area contributed by atoms with Gasteiger partial charge in [0.2, 0.25) is 0 Å². The van der Waals surface area contributed by atoms with Gasteiger partial charge in [-0.2, -0.15) is 0 Å². The summed E-state index contributed by atoms with van der Waals surface area (Å²) < 4.78 is 12.8. The van der Waals surface area contributed by atoms with E-state index in [0.29, 0.717) is 12.1 Å². The van der Waals surface area contributed by atoms with Crippen molar-refractivity contribution in [2.45, 2.75) is 19.4 Å². The molecule has 3 amide bonds. The summed E-state index contributed by atoms with van der Waals surface area (Å²) in [5.41, 5.74) is -0.519. The van der Waals surface area contributed by atoms with E-state index >= 15 is 0 Å². The van der Waals surface area contributed by atoms with E-state index in [1.807, 2.05) is 0 Å². The standard InChI is InChI=1S/C12H13FN2O2/c1-3-15-10(16)12(2,14-11(15)17)8-4-6-9(13)7-5-8/h4-7H,3H2,1-2H3,(H,14,17). The highest BCUT2D eigenvalue weighted by molar-refractivity contribution is 6.07. The van der Waals surface area contributed by atoms with Gasteiger partial charge in [-0.1, -0.05) is 12.1 Å². The summed E-state index contributed by atoms with van der Waals surface area (Å²) >= 11 is 0. The Labute approximate surface area is 98.4 Å². The third-order valence-electron chi connectivity index (χ3n) is 3.01. The van der Waals surface area contributed by atoms with E-state index in [9.17, 15) is 14.0 Å². The SMILES string of the molecule is CCN1C(=O)NC(C)(c2ccc(F)cc2)C1=O. The van der Waals surface area contributed by atoms with Gasteiger partial charge in [-0.3, -0.25) is 9.69 Å². The molecule has 2 rings (SSSR count). The van der Waals surface area contributed by atoms with E-state index in [1.54, 1.807) is 13.8 Å². The molecule has 0 radical (unpaired) electrons. The lowest BCUT2D eigenvalue weighted by Crippen LogP contribution is -2.40. The number of urea groups is 1. The minimum atomic E-state index is -1.10. The van der Waals surface area contributed by atoms with E-state index in [4.69, 9.17) is 0 Å². The Morgan fingerprint density at radius 3 is 2.35 bits per heavy atom. The largest absolute Gasteiger partial charge is 0.325 e. The van der Waals surface area contributed by atoms with Gasteiger partial charge in [-0.15, -0.1) is 0 Å². The number of nitrogens with zero attached hydrogens (tertiary/aromatic N) is 1. The number of hydrogen-bond acceptors (Lipinski definition) is 2. The first kappa shape index (κ1) is 11.6. The molecule has 90 valence electrons. The zero-order valence-electron chi connectivity index (χ0n) is 9.66. The first-order valence-corrected chi connectivity index (χ1v) is 5.39. The lowest BCUT2D eigenvalue weighted by molar-refractivity contribution is -0.130. The number of amides is 3. The molecule has 0 aliphatic carbocycles. The van der Waals surface area contributed by atoms with Gasteiger partial charge in [0.25, 0.3) is 5.91 Å². The van der Waals surface area contributed by atoms with Crippen LogP contribution in [0.2, 0.25) is 0 Å². The van der Waals surface area contributed by atoms with Crippen LogP contribution >= 0.6 is 0 Å². The normalized spacial score (nSPS) is 24.1. The number of halogens is 1. The number of benzene rings is 1.